The standard InChI is InChI=1S/C12H22N2O3/c1-16-8-10-3-2-5-14(7-10)12(15)11-9-17-6-4-13-11/h10-11,13H,2-9H2,1H3. The van der Waals surface area contributed by atoms with Gasteiger partial charge in [0, 0.05) is 26.7 Å². The Morgan fingerprint density at radius 3 is 3.18 bits per heavy atom. The Labute approximate surface area is 102 Å². The topological polar surface area (TPSA) is 50.8 Å². The molecule has 0 radical (unpaired) electrons. The Balaban J connectivity index is 1.85. The van der Waals surface area contributed by atoms with Gasteiger partial charge in [0.15, 0.2) is 0 Å². The summed E-state index contributed by atoms with van der Waals surface area (Å²) in [7, 11) is 1.72. The largest absolute Gasteiger partial charge is 0.384 e. The first-order valence-electron chi connectivity index (χ1n) is 6.40. The molecule has 2 atom stereocenters. The van der Waals surface area contributed by atoms with Crippen molar-refractivity contribution in [3.8, 4) is 0 Å². The molecule has 2 unspecified atom stereocenters. The number of ether oxygens (including phenoxy) is 2. The minimum atomic E-state index is -0.148. The molecule has 1 amide bonds. The van der Waals surface area contributed by atoms with E-state index < -0.39 is 0 Å². The Kier molecular flexibility index (Phi) is 4.76. The van der Waals surface area contributed by atoms with Crippen molar-refractivity contribution in [2.75, 3.05) is 46.6 Å². The summed E-state index contributed by atoms with van der Waals surface area (Å²) in [6.45, 7) is 4.42. The van der Waals surface area contributed by atoms with Crippen LogP contribution in [-0.4, -0.2) is 63.4 Å². The molecule has 5 heteroatoms. The molecule has 1 N–H and O–H groups in total. The molecule has 0 aromatic rings. The van der Waals surface area contributed by atoms with Crippen molar-refractivity contribution in [2.24, 2.45) is 5.92 Å². The third kappa shape index (κ3) is 3.40. The van der Waals surface area contributed by atoms with Gasteiger partial charge in [0.05, 0.1) is 19.8 Å². The van der Waals surface area contributed by atoms with Crippen LogP contribution < -0.4 is 5.32 Å². The smallest absolute Gasteiger partial charge is 0.242 e. The van der Waals surface area contributed by atoms with Gasteiger partial charge in [-0.15, -0.1) is 0 Å². The molecule has 2 aliphatic heterocycles. The molecule has 0 saturated carbocycles. The van der Waals surface area contributed by atoms with Gasteiger partial charge in [0.2, 0.25) is 5.91 Å². The van der Waals surface area contributed by atoms with E-state index in [0.29, 0.717) is 19.1 Å². The van der Waals surface area contributed by atoms with Crippen LogP contribution in [0, 0.1) is 5.92 Å². The molecule has 0 aromatic heterocycles. The summed E-state index contributed by atoms with van der Waals surface area (Å²) in [5.74, 6) is 0.674. The van der Waals surface area contributed by atoms with Crippen LogP contribution >= 0.6 is 0 Å². The fourth-order valence-corrected chi connectivity index (χ4v) is 2.58. The Morgan fingerprint density at radius 2 is 2.47 bits per heavy atom. The van der Waals surface area contributed by atoms with E-state index in [1.165, 1.54) is 0 Å². The second kappa shape index (κ2) is 6.33. The molecule has 2 rings (SSSR count). The van der Waals surface area contributed by atoms with E-state index in [-0.39, 0.29) is 11.9 Å². The molecule has 0 aromatic carbocycles. The SMILES string of the molecule is COCC1CCCN(C(=O)C2COCCN2)C1. The van der Waals surface area contributed by atoms with Crippen molar-refractivity contribution < 1.29 is 14.3 Å². The number of nitrogens with zero attached hydrogens (tertiary/aromatic N) is 1. The molecule has 17 heavy (non-hydrogen) atoms. The van der Waals surface area contributed by atoms with Crippen molar-refractivity contribution in [1.82, 2.24) is 10.2 Å². The van der Waals surface area contributed by atoms with Crippen molar-refractivity contribution in [1.29, 1.82) is 0 Å². The van der Waals surface area contributed by atoms with E-state index in [1.807, 2.05) is 4.90 Å². The van der Waals surface area contributed by atoms with Gasteiger partial charge in [0.1, 0.15) is 6.04 Å². The summed E-state index contributed by atoms with van der Waals surface area (Å²) in [5.41, 5.74) is 0. The lowest BCUT2D eigenvalue weighted by Gasteiger charge is -2.35. The predicted octanol–water partition coefficient (Wildman–Crippen LogP) is -0.140. The van der Waals surface area contributed by atoms with Gasteiger partial charge in [-0.3, -0.25) is 4.79 Å². The van der Waals surface area contributed by atoms with Gasteiger partial charge in [-0.2, -0.15) is 0 Å². The molecule has 0 spiro atoms. The first-order chi connectivity index (χ1) is 8.31. The summed E-state index contributed by atoms with van der Waals surface area (Å²) in [5, 5.41) is 3.22. The quantitative estimate of drug-likeness (QED) is 0.748. The van der Waals surface area contributed by atoms with Crippen molar-refractivity contribution in [3.63, 3.8) is 0 Å². The fourth-order valence-electron chi connectivity index (χ4n) is 2.58. The van der Waals surface area contributed by atoms with Crippen molar-refractivity contribution in [2.45, 2.75) is 18.9 Å². The van der Waals surface area contributed by atoms with Gasteiger partial charge in [-0.1, -0.05) is 0 Å². The molecule has 0 bridgehead atoms. The average Bonchev–Trinajstić information content (AvgIpc) is 2.40. The second-order valence-electron chi connectivity index (χ2n) is 4.83. The van der Waals surface area contributed by atoms with Crippen molar-refractivity contribution >= 4 is 5.91 Å². The number of amides is 1. The summed E-state index contributed by atoms with van der Waals surface area (Å²) < 4.78 is 10.5. The zero-order valence-corrected chi connectivity index (χ0v) is 10.5. The number of hydrogen-bond donors (Lipinski definition) is 1. The zero-order chi connectivity index (χ0) is 12.1. The minimum Gasteiger partial charge on any atom is -0.384 e. The Bertz CT molecular complexity index is 252. The molecular formula is C12H22N2O3. The van der Waals surface area contributed by atoms with Crippen LogP contribution in [0.1, 0.15) is 12.8 Å². The monoisotopic (exact) mass is 242 g/mol. The van der Waals surface area contributed by atoms with Crippen LogP contribution in [-0.2, 0) is 14.3 Å². The Morgan fingerprint density at radius 1 is 1.59 bits per heavy atom. The lowest BCUT2D eigenvalue weighted by atomic mass is 9.98. The van der Waals surface area contributed by atoms with E-state index in [1.54, 1.807) is 7.11 Å². The average molecular weight is 242 g/mol. The first-order valence-corrected chi connectivity index (χ1v) is 6.40. The number of nitrogens with one attached hydrogen (secondary N) is 1. The highest BCUT2D eigenvalue weighted by Gasteiger charge is 2.29. The molecule has 0 aliphatic carbocycles. The van der Waals surface area contributed by atoms with Gasteiger partial charge < -0.3 is 19.7 Å². The van der Waals surface area contributed by atoms with Crippen LogP contribution in [0.4, 0.5) is 0 Å². The van der Waals surface area contributed by atoms with Crippen molar-refractivity contribution in [3.05, 3.63) is 0 Å². The van der Waals surface area contributed by atoms with Crippen LogP contribution in [0.2, 0.25) is 0 Å². The van der Waals surface area contributed by atoms with Gasteiger partial charge in [-0.05, 0) is 18.8 Å². The summed E-state index contributed by atoms with van der Waals surface area (Å²) in [6, 6.07) is -0.148. The van der Waals surface area contributed by atoms with Crippen LogP contribution in [0.5, 0.6) is 0 Å². The minimum absolute atomic E-state index is 0.148. The molecule has 5 nitrogen and oxygen atoms in total. The number of likely N-dealkylation sites (tertiary alicyclic amines) is 1. The van der Waals surface area contributed by atoms with Crippen LogP contribution in [0.25, 0.3) is 0 Å². The number of carbonyl (C=O) groups excluding carboxylic acids is 1. The normalized spacial score (nSPS) is 30.3. The molecule has 2 aliphatic rings. The van der Waals surface area contributed by atoms with E-state index in [0.717, 1.165) is 39.1 Å². The third-order valence-corrected chi connectivity index (χ3v) is 3.45. The lowest BCUT2D eigenvalue weighted by Crippen LogP contribution is -2.54. The maximum Gasteiger partial charge on any atom is 0.242 e. The second-order valence-corrected chi connectivity index (χ2v) is 4.83. The molecule has 2 fully saturated rings. The summed E-state index contributed by atoms with van der Waals surface area (Å²) in [4.78, 5) is 14.2. The number of rotatable bonds is 3. The number of piperidine rings is 1. The van der Waals surface area contributed by atoms with E-state index in [4.69, 9.17) is 9.47 Å². The van der Waals surface area contributed by atoms with Gasteiger partial charge in [-0.25, -0.2) is 0 Å². The molecular weight excluding hydrogens is 220 g/mol. The van der Waals surface area contributed by atoms with E-state index in [9.17, 15) is 4.79 Å². The molecule has 2 heterocycles. The highest BCUT2D eigenvalue weighted by atomic mass is 16.5. The highest BCUT2D eigenvalue weighted by Crippen LogP contribution is 2.17. The predicted molar refractivity (Wildman–Crippen MR) is 63.8 cm³/mol. The summed E-state index contributed by atoms with van der Waals surface area (Å²) >= 11 is 0. The third-order valence-electron chi connectivity index (χ3n) is 3.45. The number of methoxy groups -OCH3 is 1. The number of carbonyl (C=O) groups is 1. The maximum absolute atomic E-state index is 12.2. The fraction of sp³-hybridized carbons (Fsp3) is 0.917. The Hall–Kier alpha value is -0.650. The molecule has 2 saturated heterocycles. The van der Waals surface area contributed by atoms with Crippen LogP contribution in [0.3, 0.4) is 0 Å². The van der Waals surface area contributed by atoms with Crippen LogP contribution in [0.15, 0.2) is 0 Å². The number of morpholine rings is 1. The highest BCUT2D eigenvalue weighted by molar-refractivity contribution is 5.82. The summed E-state index contributed by atoms with van der Waals surface area (Å²) in [6.07, 6.45) is 2.24. The van der Waals surface area contributed by atoms with Gasteiger partial charge >= 0.3 is 0 Å². The maximum atomic E-state index is 12.2. The van der Waals surface area contributed by atoms with Gasteiger partial charge in [0.25, 0.3) is 0 Å². The van der Waals surface area contributed by atoms with E-state index in [2.05, 4.69) is 5.32 Å². The molecule has 98 valence electrons. The van der Waals surface area contributed by atoms with E-state index >= 15 is 0 Å². The first kappa shape index (κ1) is 12.8. The zero-order valence-electron chi connectivity index (χ0n) is 10.5. The number of hydrogen-bond acceptors (Lipinski definition) is 4. The lowest BCUT2D eigenvalue weighted by molar-refractivity contribution is -0.138.